The fourth-order valence-corrected chi connectivity index (χ4v) is 2.52. The zero-order valence-electron chi connectivity index (χ0n) is 11.0. The molecule has 9 heteroatoms. The van der Waals surface area contributed by atoms with Crippen molar-refractivity contribution in [2.24, 2.45) is 0 Å². The maximum absolute atomic E-state index is 11.9. The molecule has 0 spiro atoms. The molecule has 2 rings (SSSR count). The number of nitrogens with one attached hydrogen (secondary N) is 1. The van der Waals surface area contributed by atoms with Gasteiger partial charge in [0.1, 0.15) is 17.5 Å². The molecule has 0 saturated carbocycles. The van der Waals surface area contributed by atoms with Crippen molar-refractivity contribution in [3.63, 3.8) is 0 Å². The molecule has 1 amide bonds. The number of halogens is 2. The molecule has 0 atom stereocenters. The van der Waals surface area contributed by atoms with Gasteiger partial charge in [-0.2, -0.15) is 5.26 Å². The summed E-state index contributed by atoms with van der Waals surface area (Å²) in [6.45, 7) is 0. The number of rotatable bonds is 4. The lowest BCUT2D eigenvalue weighted by Gasteiger charge is -2.07. The standard InChI is InChI=1S/C13H9Cl2N5OS/c14-8-1-2-10(9(15)3-8)19-11(21)6-22-13-18-5-7(4-16)12(17)20-13/h1-3,5H,6H2,(H,19,21)(H2,17,18,20). The number of nitriles is 1. The molecule has 0 unspecified atom stereocenters. The zero-order chi connectivity index (χ0) is 16.1. The number of carbonyl (C=O) groups is 1. The number of hydrogen-bond acceptors (Lipinski definition) is 6. The molecule has 1 aromatic heterocycles. The van der Waals surface area contributed by atoms with Crippen molar-refractivity contribution in [1.82, 2.24) is 9.97 Å². The number of amides is 1. The second-order valence-electron chi connectivity index (χ2n) is 4.02. The number of nitrogens with zero attached hydrogens (tertiary/aromatic N) is 3. The van der Waals surface area contributed by atoms with Gasteiger partial charge in [0.05, 0.1) is 22.7 Å². The topological polar surface area (TPSA) is 105 Å². The molecular formula is C13H9Cl2N5OS. The summed E-state index contributed by atoms with van der Waals surface area (Å²) in [7, 11) is 0. The second kappa shape index (κ2) is 7.31. The van der Waals surface area contributed by atoms with E-state index in [0.717, 1.165) is 11.8 Å². The van der Waals surface area contributed by atoms with Crippen LogP contribution < -0.4 is 11.1 Å². The first-order chi connectivity index (χ1) is 10.5. The Labute approximate surface area is 140 Å². The van der Waals surface area contributed by atoms with E-state index in [9.17, 15) is 4.79 Å². The normalized spacial score (nSPS) is 10.0. The summed E-state index contributed by atoms with van der Waals surface area (Å²) >= 11 is 12.8. The van der Waals surface area contributed by atoms with Gasteiger partial charge >= 0.3 is 0 Å². The second-order valence-corrected chi connectivity index (χ2v) is 5.81. The molecule has 1 aromatic carbocycles. The summed E-state index contributed by atoms with van der Waals surface area (Å²) in [5.41, 5.74) is 6.24. The molecule has 0 aliphatic heterocycles. The van der Waals surface area contributed by atoms with E-state index in [-0.39, 0.29) is 23.0 Å². The number of nitrogens with two attached hydrogens (primary N) is 1. The van der Waals surface area contributed by atoms with Crippen molar-refractivity contribution in [1.29, 1.82) is 5.26 Å². The first-order valence-corrected chi connectivity index (χ1v) is 7.64. The molecule has 0 fully saturated rings. The Morgan fingerprint density at radius 3 is 2.86 bits per heavy atom. The third kappa shape index (κ3) is 4.24. The van der Waals surface area contributed by atoms with E-state index in [4.69, 9.17) is 34.2 Å². The largest absolute Gasteiger partial charge is 0.382 e. The van der Waals surface area contributed by atoms with E-state index < -0.39 is 0 Å². The van der Waals surface area contributed by atoms with Crippen LogP contribution in [0, 0.1) is 11.3 Å². The van der Waals surface area contributed by atoms with Crippen LogP contribution in [0.2, 0.25) is 10.0 Å². The fraction of sp³-hybridized carbons (Fsp3) is 0.0769. The predicted molar refractivity (Wildman–Crippen MR) is 87.0 cm³/mol. The van der Waals surface area contributed by atoms with Gasteiger partial charge in [-0.25, -0.2) is 9.97 Å². The van der Waals surface area contributed by atoms with Crippen LogP contribution >= 0.6 is 35.0 Å². The van der Waals surface area contributed by atoms with Gasteiger partial charge in [0.2, 0.25) is 5.91 Å². The zero-order valence-corrected chi connectivity index (χ0v) is 13.3. The minimum atomic E-state index is -0.277. The van der Waals surface area contributed by atoms with Crippen LogP contribution in [0.5, 0.6) is 0 Å². The Kier molecular flexibility index (Phi) is 5.44. The van der Waals surface area contributed by atoms with E-state index in [2.05, 4.69) is 15.3 Å². The Morgan fingerprint density at radius 2 is 2.23 bits per heavy atom. The molecule has 1 heterocycles. The summed E-state index contributed by atoms with van der Waals surface area (Å²) in [5, 5.41) is 12.5. The van der Waals surface area contributed by atoms with Gasteiger partial charge in [0.15, 0.2) is 5.16 Å². The molecule has 0 aliphatic rings. The van der Waals surface area contributed by atoms with Crippen LogP contribution in [0.1, 0.15) is 5.56 Å². The number of thioether (sulfide) groups is 1. The lowest BCUT2D eigenvalue weighted by Crippen LogP contribution is -2.14. The molecule has 2 aromatic rings. The van der Waals surface area contributed by atoms with Gasteiger partial charge in [-0.3, -0.25) is 4.79 Å². The number of aromatic nitrogens is 2. The number of carbonyl (C=O) groups excluding carboxylic acids is 1. The van der Waals surface area contributed by atoms with Crippen molar-refractivity contribution < 1.29 is 4.79 Å². The third-order valence-corrected chi connectivity index (χ3v) is 3.86. The van der Waals surface area contributed by atoms with Crippen molar-refractivity contribution >= 4 is 52.4 Å². The van der Waals surface area contributed by atoms with Crippen LogP contribution in [0.15, 0.2) is 29.6 Å². The van der Waals surface area contributed by atoms with E-state index in [1.165, 1.54) is 12.3 Å². The van der Waals surface area contributed by atoms with Crippen LogP contribution in [-0.2, 0) is 4.79 Å². The van der Waals surface area contributed by atoms with E-state index in [1.807, 2.05) is 6.07 Å². The minimum Gasteiger partial charge on any atom is -0.382 e. The van der Waals surface area contributed by atoms with Crippen molar-refractivity contribution in [3.8, 4) is 6.07 Å². The number of hydrogen-bond donors (Lipinski definition) is 2. The lowest BCUT2D eigenvalue weighted by atomic mass is 10.3. The van der Waals surface area contributed by atoms with Crippen LogP contribution in [0.25, 0.3) is 0 Å². The summed E-state index contributed by atoms with van der Waals surface area (Å²) in [6.07, 6.45) is 1.32. The highest BCUT2D eigenvalue weighted by atomic mass is 35.5. The van der Waals surface area contributed by atoms with Crippen LogP contribution in [0.3, 0.4) is 0 Å². The van der Waals surface area contributed by atoms with Crippen molar-refractivity contribution in [2.45, 2.75) is 5.16 Å². The minimum absolute atomic E-state index is 0.0737. The van der Waals surface area contributed by atoms with Gasteiger partial charge in [-0.05, 0) is 18.2 Å². The first-order valence-electron chi connectivity index (χ1n) is 5.90. The van der Waals surface area contributed by atoms with Gasteiger partial charge in [0.25, 0.3) is 0 Å². The molecule has 0 aliphatic carbocycles. The average Bonchev–Trinajstić information content (AvgIpc) is 2.48. The highest BCUT2D eigenvalue weighted by Gasteiger charge is 2.09. The first kappa shape index (κ1) is 16.4. The monoisotopic (exact) mass is 353 g/mol. The molecule has 0 radical (unpaired) electrons. The Morgan fingerprint density at radius 1 is 1.45 bits per heavy atom. The fourth-order valence-electron chi connectivity index (χ4n) is 1.44. The summed E-state index contributed by atoms with van der Waals surface area (Å²) in [5.74, 6) is -0.119. The van der Waals surface area contributed by atoms with E-state index >= 15 is 0 Å². The Hall–Kier alpha value is -2.01. The van der Waals surface area contributed by atoms with Crippen LogP contribution in [0.4, 0.5) is 11.5 Å². The average molecular weight is 354 g/mol. The number of benzene rings is 1. The van der Waals surface area contributed by atoms with Gasteiger partial charge in [-0.1, -0.05) is 35.0 Å². The summed E-state index contributed by atoms with van der Waals surface area (Å²) in [4.78, 5) is 19.7. The molecule has 0 bridgehead atoms. The number of nitrogen functional groups attached to an aromatic ring is 1. The molecule has 0 saturated heterocycles. The van der Waals surface area contributed by atoms with Crippen molar-refractivity contribution in [3.05, 3.63) is 40.0 Å². The molecule has 3 N–H and O–H groups in total. The van der Waals surface area contributed by atoms with Gasteiger partial charge < -0.3 is 11.1 Å². The highest BCUT2D eigenvalue weighted by Crippen LogP contribution is 2.25. The summed E-state index contributed by atoms with van der Waals surface area (Å²) in [6, 6.07) is 6.64. The molecule has 112 valence electrons. The van der Waals surface area contributed by atoms with E-state index in [1.54, 1.807) is 12.1 Å². The third-order valence-electron chi connectivity index (χ3n) is 2.45. The quantitative estimate of drug-likeness (QED) is 0.646. The van der Waals surface area contributed by atoms with Gasteiger partial charge in [-0.15, -0.1) is 0 Å². The highest BCUT2D eigenvalue weighted by molar-refractivity contribution is 7.99. The molecular weight excluding hydrogens is 345 g/mol. The van der Waals surface area contributed by atoms with E-state index in [0.29, 0.717) is 20.9 Å². The SMILES string of the molecule is N#Cc1cnc(SCC(=O)Nc2ccc(Cl)cc2Cl)nc1N. The Balaban J connectivity index is 1.95. The smallest absolute Gasteiger partial charge is 0.234 e. The number of anilines is 2. The Bertz CT molecular complexity index is 763. The molecule has 22 heavy (non-hydrogen) atoms. The maximum Gasteiger partial charge on any atom is 0.234 e. The van der Waals surface area contributed by atoms with Crippen molar-refractivity contribution in [2.75, 3.05) is 16.8 Å². The van der Waals surface area contributed by atoms with Crippen LogP contribution in [-0.4, -0.2) is 21.6 Å². The maximum atomic E-state index is 11.9. The van der Waals surface area contributed by atoms with Gasteiger partial charge in [0, 0.05) is 5.02 Å². The summed E-state index contributed by atoms with van der Waals surface area (Å²) < 4.78 is 0. The predicted octanol–water partition coefficient (Wildman–Crippen LogP) is 2.97. The molecule has 6 nitrogen and oxygen atoms in total. The lowest BCUT2D eigenvalue weighted by molar-refractivity contribution is -0.113.